The number of hydrogen-bond acceptors (Lipinski definition) is 3. The monoisotopic (exact) mass is 287 g/mol. The largest absolute Gasteiger partial charge is 0.381 e. The van der Waals surface area contributed by atoms with Crippen LogP contribution >= 0.6 is 11.6 Å². The highest BCUT2D eigenvalue weighted by molar-refractivity contribution is 6.30. The number of halogens is 1. The number of nitrogens with zero attached hydrogens (tertiary/aromatic N) is 1. The highest BCUT2D eigenvalue weighted by atomic mass is 35.5. The maximum atomic E-state index is 6.10. The standard InChI is InChI=1S/C14H26ClN3O/c1-3-5-7-13-17-12(14(15)18-13)11-16-8-6-10-19-9-4-2/h16H,3-11H2,1-2H3,(H,17,18). The lowest BCUT2D eigenvalue weighted by atomic mass is 10.2. The first-order valence-corrected chi connectivity index (χ1v) is 7.67. The number of unbranched alkanes of at least 4 members (excludes halogenated alkanes) is 1. The van der Waals surface area contributed by atoms with E-state index in [9.17, 15) is 0 Å². The summed E-state index contributed by atoms with van der Waals surface area (Å²) in [4.78, 5) is 7.62. The molecular weight excluding hydrogens is 262 g/mol. The summed E-state index contributed by atoms with van der Waals surface area (Å²) in [5, 5.41) is 3.95. The van der Waals surface area contributed by atoms with Crippen molar-refractivity contribution in [3.8, 4) is 0 Å². The Hall–Kier alpha value is -0.580. The van der Waals surface area contributed by atoms with Crippen molar-refractivity contribution in [2.45, 2.75) is 52.5 Å². The lowest BCUT2D eigenvalue weighted by Gasteiger charge is -2.04. The Kier molecular flexibility index (Phi) is 8.88. The van der Waals surface area contributed by atoms with E-state index in [0.717, 1.165) is 63.5 Å². The van der Waals surface area contributed by atoms with Crippen LogP contribution in [0.1, 0.15) is 51.0 Å². The molecule has 0 aliphatic rings. The zero-order valence-corrected chi connectivity index (χ0v) is 12.9. The zero-order chi connectivity index (χ0) is 13.9. The van der Waals surface area contributed by atoms with E-state index in [4.69, 9.17) is 16.3 Å². The zero-order valence-electron chi connectivity index (χ0n) is 12.1. The molecule has 0 amide bonds. The molecule has 4 nitrogen and oxygen atoms in total. The Morgan fingerprint density at radius 3 is 2.79 bits per heavy atom. The maximum Gasteiger partial charge on any atom is 0.151 e. The van der Waals surface area contributed by atoms with E-state index in [0.29, 0.717) is 5.15 Å². The van der Waals surface area contributed by atoms with Gasteiger partial charge in [0.2, 0.25) is 0 Å². The minimum absolute atomic E-state index is 0.598. The lowest BCUT2D eigenvalue weighted by Crippen LogP contribution is -2.17. The molecule has 19 heavy (non-hydrogen) atoms. The van der Waals surface area contributed by atoms with Crippen LogP contribution < -0.4 is 5.32 Å². The van der Waals surface area contributed by atoms with Gasteiger partial charge < -0.3 is 15.0 Å². The molecule has 1 heterocycles. The summed E-state index contributed by atoms with van der Waals surface area (Å²) in [7, 11) is 0. The second-order valence-electron chi connectivity index (χ2n) is 4.70. The number of imidazole rings is 1. The summed E-state index contributed by atoms with van der Waals surface area (Å²) in [6.07, 6.45) is 5.39. The molecule has 5 heteroatoms. The normalized spacial score (nSPS) is 11.1. The molecule has 0 bridgehead atoms. The fourth-order valence-electron chi connectivity index (χ4n) is 1.78. The molecule has 0 aromatic carbocycles. The van der Waals surface area contributed by atoms with Crippen molar-refractivity contribution in [1.29, 1.82) is 0 Å². The number of H-pyrrole nitrogens is 1. The molecule has 0 aliphatic carbocycles. The Morgan fingerprint density at radius 2 is 2.05 bits per heavy atom. The van der Waals surface area contributed by atoms with E-state index in [-0.39, 0.29) is 0 Å². The molecule has 0 atom stereocenters. The summed E-state index contributed by atoms with van der Waals surface area (Å²) in [6.45, 7) is 7.64. The van der Waals surface area contributed by atoms with Gasteiger partial charge in [0.1, 0.15) is 5.82 Å². The van der Waals surface area contributed by atoms with Crippen LogP contribution in [-0.2, 0) is 17.7 Å². The minimum atomic E-state index is 0.598. The first-order chi connectivity index (χ1) is 9.27. The fourth-order valence-corrected chi connectivity index (χ4v) is 1.99. The van der Waals surface area contributed by atoms with Gasteiger partial charge in [0.25, 0.3) is 0 Å². The van der Waals surface area contributed by atoms with Crippen molar-refractivity contribution in [2.75, 3.05) is 19.8 Å². The average Bonchev–Trinajstić information content (AvgIpc) is 2.76. The van der Waals surface area contributed by atoms with Crippen molar-refractivity contribution in [3.05, 3.63) is 16.7 Å². The number of aryl methyl sites for hydroxylation is 1. The number of ether oxygens (including phenoxy) is 1. The van der Waals surface area contributed by atoms with Gasteiger partial charge in [-0.15, -0.1) is 0 Å². The molecule has 1 aromatic heterocycles. The van der Waals surface area contributed by atoms with Crippen LogP contribution in [0.5, 0.6) is 0 Å². The van der Waals surface area contributed by atoms with Crippen molar-refractivity contribution in [2.24, 2.45) is 0 Å². The predicted molar refractivity (Wildman–Crippen MR) is 79.6 cm³/mol. The SMILES string of the molecule is CCCCc1nc(Cl)c(CNCCCOCCC)[nH]1. The van der Waals surface area contributed by atoms with Crippen molar-refractivity contribution >= 4 is 11.6 Å². The van der Waals surface area contributed by atoms with Crippen LogP contribution in [0.2, 0.25) is 5.15 Å². The molecule has 0 saturated heterocycles. The molecule has 0 fully saturated rings. The Balaban J connectivity index is 2.16. The van der Waals surface area contributed by atoms with Crippen LogP contribution in [0, 0.1) is 0 Å². The van der Waals surface area contributed by atoms with Crippen LogP contribution in [0.3, 0.4) is 0 Å². The van der Waals surface area contributed by atoms with Gasteiger partial charge in [-0.25, -0.2) is 4.98 Å². The Morgan fingerprint density at radius 1 is 1.21 bits per heavy atom. The van der Waals surface area contributed by atoms with E-state index < -0.39 is 0 Å². The van der Waals surface area contributed by atoms with Gasteiger partial charge >= 0.3 is 0 Å². The maximum absolute atomic E-state index is 6.10. The third-order valence-electron chi connectivity index (χ3n) is 2.84. The van der Waals surface area contributed by atoms with Gasteiger partial charge in [0.05, 0.1) is 5.69 Å². The van der Waals surface area contributed by atoms with E-state index in [1.54, 1.807) is 0 Å². The van der Waals surface area contributed by atoms with Crippen molar-refractivity contribution in [3.63, 3.8) is 0 Å². The van der Waals surface area contributed by atoms with Crippen LogP contribution in [0.15, 0.2) is 0 Å². The predicted octanol–water partition coefficient (Wildman–Crippen LogP) is 3.31. The summed E-state index contributed by atoms with van der Waals surface area (Å²) in [5.74, 6) is 0.995. The molecule has 110 valence electrons. The van der Waals surface area contributed by atoms with E-state index >= 15 is 0 Å². The summed E-state index contributed by atoms with van der Waals surface area (Å²) in [6, 6.07) is 0. The fraction of sp³-hybridized carbons (Fsp3) is 0.786. The molecule has 0 aliphatic heterocycles. The molecule has 0 unspecified atom stereocenters. The topological polar surface area (TPSA) is 49.9 Å². The molecule has 2 N–H and O–H groups in total. The summed E-state index contributed by atoms with van der Waals surface area (Å²) in [5.41, 5.74) is 0.988. The second kappa shape index (κ2) is 10.2. The van der Waals surface area contributed by atoms with E-state index in [2.05, 4.69) is 29.1 Å². The van der Waals surface area contributed by atoms with Crippen LogP contribution in [0.25, 0.3) is 0 Å². The minimum Gasteiger partial charge on any atom is -0.381 e. The number of aromatic amines is 1. The molecular formula is C14H26ClN3O. The van der Waals surface area contributed by atoms with Crippen LogP contribution in [0.4, 0.5) is 0 Å². The molecule has 0 spiro atoms. The van der Waals surface area contributed by atoms with Gasteiger partial charge in [-0.2, -0.15) is 0 Å². The number of nitrogens with one attached hydrogen (secondary N) is 2. The first-order valence-electron chi connectivity index (χ1n) is 7.29. The molecule has 1 rings (SSSR count). The number of aromatic nitrogens is 2. The van der Waals surface area contributed by atoms with Crippen molar-refractivity contribution < 1.29 is 4.74 Å². The van der Waals surface area contributed by atoms with Gasteiger partial charge in [-0.05, 0) is 25.8 Å². The summed E-state index contributed by atoms with van der Waals surface area (Å²) >= 11 is 6.10. The highest BCUT2D eigenvalue weighted by Gasteiger charge is 2.07. The van der Waals surface area contributed by atoms with Gasteiger partial charge in [0, 0.05) is 26.2 Å². The van der Waals surface area contributed by atoms with E-state index in [1.807, 2.05) is 0 Å². The van der Waals surface area contributed by atoms with Crippen LogP contribution in [-0.4, -0.2) is 29.7 Å². The quantitative estimate of drug-likeness (QED) is 0.614. The van der Waals surface area contributed by atoms with Crippen molar-refractivity contribution in [1.82, 2.24) is 15.3 Å². The molecule has 1 aromatic rings. The van der Waals surface area contributed by atoms with Gasteiger partial charge in [-0.1, -0.05) is 31.9 Å². The van der Waals surface area contributed by atoms with Gasteiger partial charge in [-0.3, -0.25) is 0 Å². The third-order valence-corrected chi connectivity index (χ3v) is 3.15. The average molecular weight is 288 g/mol. The highest BCUT2D eigenvalue weighted by Crippen LogP contribution is 2.13. The summed E-state index contributed by atoms with van der Waals surface area (Å²) < 4.78 is 5.42. The first kappa shape index (κ1) is 16.5. The second-order valence-corrected chi connectivity index (χ2v) is 5.06. The Labute approximate surface area is 121 Å². The Bertz CT molecular complexity index is 341. The third kappa shape index (κ3) is 6.95. The van der Waals surface area contributed by atoms with E-state index in [1.165, 1.54) is 6.42 Å². The molecule has 0 radical (unpaired) electrons. The molecule has 0 saturated carbocycles. The van der Waals surface area contributed by atoms with Gasteiger partial charge in [0.15, 0.2) is 5.15 Å². The smallest absolute Gasteiger partial charge is 0.151 e. The lowest BCUT2D eigenvalue weighted by molar-refractivity contribution is 0.132. The number of rotatable bonds is 11. The number of hydrogen-bond donors (Lipinski definition) is 2.